The molecule has 9 rings (SSSR count). The Morgan fingerprint density at radius 3 is 2.23 bits per heavy atom. The van der Waals surface area contributed by atoms with E-state index >= 15 is 9.18 Å². The van der Waals surface area contributed by atoms with Crippen molar-refractivity contribution in [1.82, 2.24) is 19.8 Å². The number of aromatic hydroxyl groups is 1. The molecule has 1 saturated heterocycles. The molecule has 1 amide bonds. The summed E-state index contributed by atoms with van der Waals surface area (Å²) in [6.45, 7) is 8.02. The molecule has 6 aliphatic rings. The molecule has 22 nitrogen and oxygen atoms in total. The maximum Gasteiger partial charge on any atom is 0.341 e. The number of rotatable bonds is 6. The van der Waals surface area contributed by atoms with Gasteiger partial charge in [-0.2, -0.15) is 0 Å². The van der Waals surface area contributed by atoms with Crippen molar-refractivity contribution in [1.29, 1.82) is 0 Å². The summed E-state index contributed by atoms with van der Waals surface area (Å²) in [6, 6.07) is -1.96. The number of hydrogen-bond acceptors (Lipinski definition) is 19. The molecule has 2 aromatic heterocycles. The third kappa shape index (κ3) is 9.33. The highest BCUT2D eigenvalue weighted by Gasteiger charge is 2.53. The van der Waals surface area contributed by atoms with Crippen LogP contribution in [0, 0.1) is 24.6 Å². The number of hydrogen-bond donors (Lipinski definition) is 7. The molecule has 3 aromatic rings. The van der Waals surface area contributed by atoms with Gasteiger partial charge in [0.1, 0.15) is 40.2 Å². The number of piperazine rings is 1. The number of amides is 1. The average molecular weight is 1030 g/mol. The van der Waals surface area contributed by atoms with Gasteiger partial charge in [-0.1, -0.05) is 32.1 Å². The van der Waals surface area contributed by atoms with Crippen molar-refractivity contribution in [3.05, 3.63) is 104 Å². The molecule has 74 heavy (non-hydrogen) atoms. The number of anilines is 1. The number of carbonyl (C=O) groups excluding carboxylic acids is 5. The predicted octanol–water partition coefficient (Wildman–Crippen LogP) is 2.04. The lowest BCUT2D eigenvalue weighted by Gasteiger charge is -2.39. The number of phenols is 1. The van der Waals surface area contributed by atoms with Crippen molar-refractivity contribution in [2.24, 2.45) is 23.3 Å². The van der Waals surface area contributed by atoms with Gasteiger partial charge in [0.2, 0.25) is 17.0 Å². The van der Waals surface area contributed by atoms with Crippen molar-refractivity contribution < 1.29 is 72.5 Å². The summed E-state index contributed by atoms with van der Waals surface area (Å²) in [4.78, 5) is 104. The second-order valence-electron chi connectivity index (χ2n) is 19.4. The quantitative estimate of drug-likeness (QED) is 0.174. The summed E-state index contributed by atoms with van der Waals surface area (Å²) in [7, 11) is 1.33. The number of nitrogens with zero attached hydrogens (tertiary/aromatic N) is 4. The number of aromatic carboxylic acids is 1. The Morgan fingerprint density at radius 1 is 0.946 bits per heavy atom. The number of fused-ring (bicyclic) bond motifs is 15. The van der Waals surface area contributed by atoms with E-state index in [1.165, 1.54) is 63.3 Å². The zero-order valence-corrected chi connectivity index (χ0v) is 41.6. The van der Waals surface area contributed by atoms with Gasteiger partial charge in [-0.25, -0.2) is 14.2 Å². The Hall–Kier alpha value is -7.31. The molecule has 4 aliphatic heterocycles. The second-order valence-corrected chi connectivity index (χ2v) is 19.4. The average Bonchev–Trinajstić information content (AvgIpc) is 4.18. The number of ether oxygens (including phenoxy) is 4. The number of aliphatic hydroxyl groups excluding tert-OH is 2. The van der Waals surface area contributed by atoms with Crippen LogP contribution in [0.25, 0.3) is 11.0 Å². The number of carbonyl (C=O) groups is 6. The minimum atomic E-state index is -2.23. The number of esters is 1. The van der Waals surface area contributed by atoms with Crippen LogP contribution < -0.4 is 31.8 Å². The van der Waals surface area contributed by atoms with Crippen molar-refractivity contribution in [3.63, 3.8) is 0 Å². The number of aromatic nitrogens is 2. The van der Waals surface area contributed by atoms with Crippen molar-refractivity contribution in [3.8, 4) is 11.5 Å². The van der Waals surface area contributed by atoms with Gasteiger partial charge in [0.15, 0.2) is 11.6 Å². The zero-order chi connectivity index (χ0) is 54.0. The predicted molar refractivity (Wildman–Crippen MR) is 261 cm³/mol. The number of benzene rings is 1. The molecule has 2 aliphatic carbocycles. The molecular formula is C51H58FN7O15. The van der Waals surface area contributed by atoms with E-state index in [9.17, 15) is 49.2 Å². The van der Waals surface area contributed by atoms with Crippen LogP contribution in [0.5, 0.6) is 11.5 Å². The van der Waals surface area contributed by atoms with E-state index in [0.717, 1.165) is 19.3 Å². The molecule has 1 saturated carbocycles. The molecule has 9 atom stereocenters. The fraction of sp³-hybridized carbons (Fsp3) is 0.451. The fourth-order valence-corrected chi connectivity index (χ4v) is 9.85. The molecule has 1 aromatic carbocycles. The molecule has 2 fully saturated rings. The number of pyridine rings is 2. The van der Waals surface area contributed by atoms with Crippen LogP contribution in [0.2, 0.25) is 0 Å². The van der Waals surface area contributed by atoms with Gasteiger partial charge in [-0.15, -0.1) is 0 Å². The number of methoxy groups -OCH3 is 1. The first-order chi connectivity index (χ1) is 34.9. The summed E-state index contributed by atoms with van der Waals surface area (Å²) in [6.07, 6.45) is 3.94. The maximum atomic E-state index is 16.0. The third-order valence-electron chi connectivity index (χ3n) is 14.4. The van der Waals surface area contributed by atoms with Crippen molar-refractivity contribution in [2.45, 2.75) is 103 Å². The van der Waals surface area contributed by atoms with E-state index in [-0.39, 0.29) is 71.7 Å². The van der Waals surface area contributed by atoms with E-state index < -0.39 is 134 Å². The Balaban J connectivity index is 1.20. The molecule has 9 N–H and O–H groups in total. The third-order valence-corrected chi connectivity index (χ3v) is 14.4. The Morgan fingerprint density at radius 2 is 1.61 bits per heavy atom. The molecule has 394 valence electrons. The molecule has 0 unspecified atom stereocenters. The van der Waals surface area contributed by atoms with E-state index in [2.05, 4.69) is 10.3 Å². The summed E-state index contributed by atoms with van der Waals surface area (Å²) >= 11 is 0. The maximum absolute atomic E-state index is 16.0. The number of ketones is 3. The lowest BCUT2D eigenvalue weighted by molar-refractivity contribution is -0.155. The summed E-state index contributed by atoms with van der Waals surface area (Å²) < 4.78 is 40.9. The summed E-state index contributed by atoms with van der Waals surface area (Å²) in [5.74, 6) is -11.9. The fourth-order valence-electron chi connectivity index (χ4n) is 9.85. The lowest BCUT2D eigenvalue weighted by Crippen LogP contribution is -2.60. The first-order valence-electron chi connectivity index (χ1n) is 24.0. The monoisotopic (exact) mass is 1030 g/mol. The van der Waals surface area contributed by atoms with Gasteiger partial charge < -0.3 is 70.5 Å². The van der Waals surface area contributed by atoms with Crippen LogP contribution in [-0.4, -0.2) is 146 Å². The van der Waals surface area contributed by atoms with E-state index in [1.54, 1.807) is 23.3 Å². The van der Waals surface area contributed by atoms with Gasteiger partial charge in [0.25, 0.3) is 11.7 Å². The van der Waals surface area contributed by atoms with Gasteiger partial charge in [-0.05, 0) is 38.8 Å². The molecular weight excluding hydrogens is 970 g/mol. The van der Waals surface area contributed by atoms with Crippen molar-refractivity contribution >= 4 is 52.0 Å². The van der Waals surface area contributed by atoms with Crippen LogP contribution in [0.15, 0.2) is 64.6 Å². The number of phenolic OH excluding ortho intramolecular Hbond substituents is 1. The van der Waals surface area contributed by atoms with Crippen LogP contribution >= 0.6 is 0 Å². The highest BCUT2D eigenvalue weighted by atomic mass is 19.1. The van der Waals surface area contributed by atoms with Gasteiger partial charge in [-0.3, -0.25) is 28.8 Å². The number of halogens is 1. The first-order valence-corrected chi connectivity index (χ1v) is 24.0. The van der Waals surface area contributed by atoms with Crippen LogP contribution in [0.3, 0.4) is 0 Å². The van der Waals surface area contributed by atoms with Gasteiger partial charge in [0, 0.05) is 82.3 Å². The molecule has 6 heterocycles. The lowest BCUT2D eigenvalue weighted by atomic mass is 9.82. The van der Waals surface area contributed by atoms with E-state index in [1.807, 2.05) is 0 Å². The SMILES string of the molecule is CO[C@H]1C=CO[C@@]2(C)Oc3c(C)c(O)c4c(c3C2=O)C(=O)C(N2CCN(c3nc5c(cc3F)c(=O)c(C(=O)O)cn5C3CC3)CC2)=C(NC(=O)/C(C)=C\C=C\[C@H](C)[C@H](O)[C@@H](N)[C@@H](O)[C@@H](N)[C@H](OC(C)=O)[C@@H]1C)C4=O. The van der Waals surface area contributed by atoms with E-state index in [0.29, 0.717) is 12.8 Å². The number of nitrogens with one attached hydrogen (secondary N) is 1. The minimum absolute atomic E-state index is 0.00529. The summed E-state index contributed by atoms with van der Waals surface area (Å²) in [5, 5.41) is 46.5. The molecule has 0 spiro atoms. The zero-order valence-electron chi connectivity index (χ0n) is 41.6. The minimum Gasteiger partial charge on any atom is -0.507 e. The normalized spacial score (nSPS) is 29.2. The molecule has 23 heteroatoms. The van der Waals surface area contributed by atoms with E-state index in [4.69, 9.17) is 30.4 Å². The second kappa shape index (κ2) is 20.2. The molecule has 0 radical (unpaired) electrons. The number of carboxylic acids is 1. The standard InChI is InChI=1S/C51H58FN7O15/c1-21-9-8-10-22(2)49(68)55-36-37(57-14-16-58(17-15-57)48-29(52)19-27-40(63)28(50(69)70)20-59(26-11-12-26)47(27)56-48)42(65)31-32(41(36)64)39(62)24(4)44-33(31)46(67)51(6,74-44)72-18-13-30(71-7)23(3)45(73-25(5)60)35(54)43(66)34(53)38(21)61/h8-10,13,18-21,23,26,30,34-35,38,43,45,61-62,66H,11-12,14-17,53-54H2,1-7H3,(H,55,68)(H,69,70)/b9-8+,18-13?,22-10-/t21-,23+,30-,34+,35+,38-,43+,45+,51-/m0/s1. The summed E-state index contributed by atoms with van der Waals surface area (Å²) in [5.41, 5.74) is 9.00. The topological polar surface area (TPSA) is 326 Å². The number of carboxylic acid groups (broad SMARTS) is 1. The van der Waals surface area contributed by atoms with Crippen LogP contribution in [-0.2, 0) is 23.8 Å². The van der Waals surface area contributed by atoms with Crippen LogP contribution in [0.1, 0.15) is 100 Å². The largest absolute Gasteiger partial charge is 0.507 e. The Kier molecular flexibility index (Phi) is 14.5. The van der Waals surface area contributed by atoms with Crippen LogP contribution in [0.4, 0.5) is 10.2 Å². The number of aliphatic hydroxyl groups is 2. The Labute approximate surface area is 422 Å². The number of nitrogens with two attached hydrogens (primary N) is 2. The van der Waals surface area contributed by atoms with Crippen molar-refractivity contribution in [2.75, 3.05) is 38.2 Å². The highest BCUT2D eigenvalue weighted by Crippen LogP contribution is 2.49. The number of Topliss-reactive ketones (excluding diaryl/α,β-unsaturated/α-hetero) is 3. The smallest absolute Gasteiger partial charge is 0.341 e. The Bertz CT molecular complexity index is 3080. The molecule has 5 bridgehead atoms. The van der Waals surface area contributed by atoms with Gasteiger partial charge >= 0.3 is 17.7 Å². The first kappa shape index (κ1) is 53.0. The highest BCUT2D eigenvalue weighted by molar-refractivity contribution is 6.32. The van der Waals surface area contributed by atoms with Gasteiger partial charge in [0.05, 0.1) is 58.7 Å². The number of allylic oxidation sites excluding steroid dienone is 4.